The molecule has 0 radical (unpaired) electrons. The third kappa shape index (κ3) is 4.56. The monoisotopic (exact) mass is 462 g/mol. The van der Waals surface area contributed by atoms with Crippen molar-refractivity contribution < 1.29 is 27.9 Å². The van der Waals surface area contributed by atoms with E-state index in [9.17, 15) is 18.8 Å². The lowest BCUT2D eigenvalue weighted by Crippen LogP contribution is -2.21. The minimum atomic E-state index is -0.968. The van der Waals surface area contributed by atoms with Gasteiger partial charge in [0.2, 0.25) is 16.9 Å². The number of hydrogen-bond donors (Lipinski definition) is 3. The second-order valence-corrected chi connectivity index (χ2v) is 7.26. The molecule has 0 atom stereocenters. The first-order valence-electron chi connectivity index (χ1n) is 9.22. The standard InChI is InChI=1S/C19H19FN6O5S/c1-3-30-18(29)13-9(2)31-17(14(13)15(21)28)23-12(27)8-32-19-25-24-16(26(19)22)10-6-4-5-7-11(10)20/h4-7H,3,8,22H2,1-2H3,(H2,21,28)(H,23,27). The number of nitrogen functional groups attached to an aromatic ring is 1. The number of aryl methyl sites for hydroxylation is 1. The summed E-state index contributed by atoms with van der Waals surface area (Å²) in [6.07, 6.45) is 0. The van der Waals surface area contributed by atoms with Crippen molar-refractivity contribution in [2.45, 2.75) is 19.0 Å². The number of primary amides is 1. The number of nitrogens with one attached hydrogen (secondary N) is 1. The quantitative estimate of drug-likeness (QED) is 0.256. The fourth-order valence-electron chi connectivity index (χ4n) is 2.81. The first-order chi connectivity index (χ1) is 15.2. The highest BCUT2D eigenvalue weighted by atomic mass is 32.2. The molecule has 2 aromatic heterocycles. The zero-order valence-corrected chi connectivity index (χ0v) is 17.9. The first kappa shape index (κ1) is 22.8. The molecule has 0 aliphatic heterocycles. The molecule has 0 unspecified atom stereocenters. The van der Waals surface area contributed by atoms with Crippen LogP contribution in [0.2, 0.25) is 0 Å². The Kier molecular flexibility index (Phi) is 6.78. The maximum Gasteiger partial charge on any atom is 0.342 e. The third-order valence-electron chi connectivity index (χ3n) is 4.17. The molecule has 0 bridgehead atoms. The maximum absolute atomic E-state index is 14.0. The van der Waals surface area contributed by atoms with Crippen LogP contribution in [0.25, 0.3) is 11.4 Å². The Morgan fingerprint density at radius 1 is 1.25 bits per heavy atom. The van der Waals surface area contributed by atoms with E-state index in [4.69, 9.17) is 20.7 Å². The van der Waals surface area contributed by atoms with E-state index in [0.717, 1.165) is 16.4 Å². The highest BCUT2D eigenvalue weighted by molar-refractivity contribution is 7.99. The third-order valence-corrected chi connectivity index (χ3v) is 5.12. The molecule has 2 amide bonds. The van der Waals surface area contributed by atoms with E-state index in [0.29, 0.717) is 0 Å². The molecule has 0 aliphatic rings. The van der Waals surface area contributed by atoms with Gasteiger partial charge >= 0.3 is 5.97 Å². The van der Waals surface area contributed by atoms with Crippen LogP contribution in [0.3, 0.4) is 0 Å². The van der Waals surface area contributed by atoms with Crippen LogP contribution in [0.1, 0.15) is 33.4 Å². The topological polar surface area (TPSA) is 168 Å². The van der Waals surface area contributed by atoms with Crippen molar-refractivity contribution in [3.8, 4) is 11.4 Å². The van der Waals surface area contributed by atoms with Gasteiger partial charge in [0.05, 0.1) is 17.9 Å². The summed E-state index contributed by atoms with van der Waals surface area (Å²) >= 11 is 0.916. The number of anilines is 1. The van der Waals surface area contributed by atoms with Crippen LogP contribution in [-0.2, 0) is 9.53 Å². The van der Waals surface area contributed by atoms with Crippen LogP contribution in [0, 0.1) is 12.7 Å². The van der Waals surface area contributed by atoms with Crippen LogP contribution < -0.4 is 16.9 Å². The predicted molar refractivity (Wildman–Crippen MR) is 113 cm³/mol. The normalized spacial score (nSPS) is 10.7. The minimum Gasteiger partial charge on any atom is -0.462 e. The largest absolute Gasteiger partial charge is 0.462 e. The Bertz CT molecular complexity index is 1190. The van der Waals surface area contributed by atoms with Gasteiger partial charge < -0.3 is 20.7 Å². The Morgan fingerprint density at radius 2 is 1.97 bits per heavy atom. The molecule has 3 aromatic rings. The Hall–Kier alpha value is -3.87. The summed E-state index contributed by atoms with van der Waals surface area (Å²) in [6.45, 7) is 3.11. The smallest absolute Gasteiger partial charge is 0.342 e. The summed E-state index contributed by atoms with van der Waals surface area (Å²) < 4.78 is 25.3. The van der Waals surface area contributed by atoms with Crippen molar-refractivity contribution in [2.75, 3.05) is 23.5 Å². The number of halogens is 1. The van der Waals surface area contributed by atoms with Crippen LogP contribution in [0.5, 0.6) is 0 Å². The predicted octanol–water partition coefficient (Wildman–Crippen LogP) is 1.71. The second-order valence-electron chi connectivity index (χ2n) is 6.31. The summed E-state index contributed by atoms with van der Waals surface area (Å²) in [4.78, 5) is 36.4. The van der Waals surface area contributed by atoms with Gasteiger partial charge in [0.15, 0.2) is 5.82 Å². The molecule has 3 rings (SSSR count). The number of hydrogen-bond acceptors (Lipinski definition) is 9. The zero-order valence-electron chi connectivity index (χ0n) is 17.0. The lowest BCUT2D eigenvalue weighted by atomic mass is 10.1. The number of ether oxygens (including phenoxy) is 1. The Morgan fingerprint density at radius 3 is 2.62 bits per heavy atom. The number of esters is 1. The fraction of sp³-hybridized carbons (Fsp3) is 0.211. The van der Waals surface area contributed by atoms with Crippen molar-refractivity contribution in [3.05, 3.63) is 47.0 Å². The van der Waals surface area contributed by atoms with Gasteiger partial charge in [0.25, 0.3) is 5.91 Å². The number of rotatable bonds is 8. The average Bonchev–Trinajstić information content (AvgIpc) is 3.26. The molecular formula is C19H19FN6O5S. The van der Waals surface area contributed by atoms with Crippen molar-refractivity contribution in [1.29, 1.82) is 0 Å². The van der Waals surface area contributed by atoms with E-state index in [1.54, 1.807) is 13.0 Å². The fourth-order valence-corrected chi connectivity index (χ4v) is 3.47. The Labute approximate surface area is 185 Å². The molecule has 0 spiro atoms. The number of aromatic nitrogens is 3. The van der Waals surface area contributed by atoms with Gasteiger partial charge in [-0.05, 0) is 26.0 Å². The lowest BCUT2D eigenvalue weighted by molar-refractivity contribution is -0.113. The minimum absolute atomic E-state index is 0.0661. The molecule has 0 saturated heterocycles. The van der Waals surface area contributed by atoms with Gasteiger partial charge in [-0.25, -0.2) is 13.9 Å². The van der Waals surface area contributed by atoms with Crippen molar-refractivity contribution in [2.24, 2.45) is 5.73 Å². The maximum atomic E-state index is 14.0. The van der Waals surface area contributed by atoms with Crippen LogP contribution in [0.15, 0.2) is 33.8 Å². The second kappa shape index (κ2) is 9.51. The molecule has 5 N–H and O–H groups in total. The van der Waals surface area contributed by atoms with Gasteiger partial charge in [-0.15, -0.1) is 10.2 Å². The summed E-state index contributed by atoms with van der Waals surface area (Å²) in [5, 5.41) is 10.3. The number of thioether (sulfide) groups is 1. The Balaban J connectivity index is 1.74. The van der Waals surface area contributed by atoms with Crippen molar-refractivity contribution >= 4 is 35.4 Å². The van der Waals surface area contributed by atoms with E-state index in [2.05, 4.69) is 15.5 Å². The summed E-state index contributed by atoms with van der Waals surface area (Å²) in [7, 11) is 0. The van der Waals surface area contributed by atoms with E-state index < -0.39 is 23.6 Å². The van der Waals surface area contributed by atoms with Crippen molar-refractivity contribution in [1.82, 2.24) is 14.9 Å². The molecule has 2 heterocycles. The number of carbonyl (C=O) groups is 3. The highest BCUT2D eigenvalue weighted by Gasteiger charge is 2.29. The molecule has 11 nitrogen and oxygen atoms in total. The first-order valence-corrected chi connectivity index (χ1v) is 10.2. The molecular weight excluding hydrogens is 443 g/mol. The molecule has 0 fully saturated rings. The molecule has 0 aliphatic carbocycles. The molecule has 0 saturated carbocycles. The lowest BCUT2D eigenvalue weighted by Gasteiger charge is -2.06. The number of carbonyl (C=O) groups excluding carboxylic acids is 3. The van der Waals surface area contributed by atoms with Gasteiger partial charge in [0, 0.05) is 0 Å². The summed E-state index contributed by atoms with van der Waals surface area (Å²) in [6, 6.07) is 5.91. The zero-order chi connectivity index (χ0) is 23.4. The van der Waals surface area contributed by atoms with Gasteiger partial charge in [-0.2, -0.15) is 0 Å². The summed E-state index contributed by atoms with van der Waals surface area (Å²) in [5.41, 5.74) is 5.07. The highest BCUT2D eigenvalue weighted by Crippen LogP contribution is 2.28. The van der Waals surface area contributed by atoms with E-state index >= 15 is 0 Å². The van der Waals surface area contributed by atoms with Crippen LogP contribution in [0.4, 0.5) is 10.3 Å². The van der Waals surface area contributed by atoms with Crippen molar-refractivity contribution in [3.63, 3.8) is 0 Å². The van der Waals surface area contributed by atoms with Gasteiger partial charge in [0.1, 0.15) is 22.7 Å². The van der Waals surface area contributed by atoms with Crippen LogP contribution >= 0.6 is 11.8 Å². The average molecular weight is 462 g/mol. The number of nitrogens with two attached hydrogens (primary N) is 2. The molecule has 32 heavy (non-hydrogen) atoms. The van der Waals surface area contributed by atoms with E-state index in [-0.39, 0.29) is 51.7 Å². The molecule has 13 heteroatoms. The van der Waals surface area contributed by atoms with Gasteiger partial charge in [-0.3, -0.25) is 14.9 Å². The number of amides is 2. The SMILES string of the molecule is CCOC(=O)c1c(C)oc(NC(=O)CSc2nnc(-c3ccccc3F)n2N)c1C(N)=O. The van der Waals surface area contributed by atoms with E-state index in [1.165, 1.54) is 25.1 Å². The van der Waals surface area contributed by atoms with E-state index in [1.807, 2.05) is 0 Å². The number of nitrogens with zero attached hydrogens (tertiary/aromatic N) is 3. The number of furan rings is 1. The molecule has 168 valence electrons. The van der Waals surface area contributed by atoms with Gasteiger partial charge in [-0.1, -0.05) is 23.9 Å². The molecule has 1 aromatic carbocycles. The summed E-state index contributed by atoms with van der Waals surface area (Å²) in [5.74, 6) is 2.72. The number of benzene rings is 1. The van der Waals surface area contributed by atoms with Crippen LogP contribution in [-0.4, -0.2) is 45.0 Å².